The quantitative estimate of drug-likeness (QED) is 0.243. The van der Waals surface area contributed by atoms with Crippen molar-refractivity contribution in [2.45, 2.75) is 0 Å². The van der Waals surface area contributed by atoms with Gasteiger partial charge in [-0.3, -0.25) is 4.98 Å². The van der Waals surface area contributed by atoms with E-state index in [0.29, 0.717) is 5.82 Å². The largest absolute Gasteiger partial charge is 0.441 e. The van der Waals surface area contributed by atoms with Crippen LogP contribution >= 0.6 is 15.9 Å². The van der Waals surface area contributed by atoms with Crippen LogP contribution in [0.25, 0.3) is 33.5 Å². The Morgan fingerprint density at radius 3 is 2.45 bits per heavy atom. The number of rotatable bonds is 2. The summed E-state index contributed by atoms with van der Waals surface area (Å²) in [4.78, 5) is 16.6. The second kappa shape index (κ2) is 10.2. The molecule has 3 aromatic heterocycles. The molecule has 145 valence electrons. The summed E-state index contributed by atoms with van der Waals surface area (Å²) in [6.45, 7) is 0. The molecule has 0 unspecified atom stereocenters. The Kier molecular flexibility index (Phi) is 7.42. The normalized spacial score (nSPS) is 9.97. The van der Waals surface area contributed by atoms with Crippen molar-refractivity contribution in [2.24, 2.45) is 0 Å². The molecule has 6 heteroatoms. The van der Waals surface area contributed by atoms with Gasteiger partial charge in [-0.2, -0.15) is 0 Å². The van der Waals surface area contributed by atoms with Gasteiger partial charge in [0.15, 0.2) is 0 Å². The Bertz CT molecular complexity index is 1170. The number of hydrogen-bond donors (Lipinski definition) is 0. The van der Waals surface area contributed by atoms with E-state index in [1.807, 2.05) is 60.8 Å². The molecular weight excluding hydrogens is 604 g/mol. The van der Waals surface area contributed by atoms with E-state index < -0.39 is 0 Å². The molecule has 0 aliphatic heterocycles. The Labute approximate surface area is 191 Å². The molecule has 0 saturated carbocycles. The van der Waals surface area contributed by atoms with Crippen LogP contribution in [0.5, 0.6) is 0 Å². The number of benzene rings is 2. The number of aromatic nitrogens is 4. The number of pyridine rings is 2. The van der Waals surface area contributed by atoms with Gasteiger partial charge in [-0.05, 0) is 40.5 Å². The zero-order chi connectivity index (χ0) is 19.2. The van der Waals surface area contributed by atoms with E-state index in [4.69, 9.17) is 0 Å². The summed E-state index contributed by atoms with van der Waals surface area (Å²) in [6.07, 6.45) is 6.88. The fourth-order valence-corrected chi connectivity index (χ4v) is 3.14. The summed E-state index contributed by atoms with van der Waals surface area (Å²) in [6, 6.07) is 25.1. The Balaban J connectivity index is 0.000000174. The van der Waals surface area contributed by atoms with Gasteiger partial charge in [0.05, 0.1) is 5.69 Å². The van der Waals surface area contributed by atoms with Gasteiger partial charge >= 0.3 is 0 Å². The molecule has 29 heavy (non-hydrogen) atoms. The van der Waals surface area contributed by atoms with E-state index in [1.54, 1.807) is 18.6 Å². The molecule has 0 fully saturated rings. The average molecular weight is 620 g/mol. The molecule has 0 amide bonds. The molecule has 2 aromatic carbocycles. The van der Waals surface area contributed by atoms with Crippen LogP contribution in [-0.4, -0.2) is 15.0 Å². The third-order valence-corrected chi connectivity index (χ3v) is 4.54. The summed E-state index contributed by atoms with van der Waals surface area (Å²) in [5.74, 6) is 0.686. The number of fused-ring (bicyclic) bond motifs is 1. The van der Waals surface area contributed by atoms with Gasteiger partial charge in [0, 0.05) is 32.5 Å². The van der Waals surface area contributed by atoms with E-state index in [1.165, 1.54) is 5.39 Å². The van der Waals surface area contributed by atoms with E-state index in [9.17, 15) is 0 Å². The summed E-state index contributed by atoms with van der Waals surface area (Å²) >= 11 is 3.48. The van der Waals surface area contributed by atoms with Crippen LogP contribution in [0.15, 0.2) is 96.0 Å². The fourth-order valence-electron chi connectivity index (χ4n) is 2.78. The van der Waals surface area contributed by atoms with E-state index in [0.717, 1.165) is 26.8 Å². The minimum atomic E-state index is 0. The molecule has 1 radical (unpaired) electrons. The maximum Gasteiger partial charge on any atom is 0.0620 e. The molecule has 4 nitrogen and oxygen atoms in total. The second-order valence-corrected chi connectivity index (χ2v) is 6.81. The number of imidazole rings is 1. The van der Waals surface area contributed by atoms with Crippen molar-refractivity contribution in [3.8, 4) is 22.8 Å². The predicted octanol–water partition coefficient (Wildman–Crippen LogP) is 5.56. The standard InChI is InChI=1S/C15H9BrN.C8H6N3.Ir/c16-13-6-3-5-12(10-13)15-14-7-2-1-4-11(14)8-9-17-15;1-2-4-9-7(3-1)8-10-5-6-11-8;/h1-4,6-10H;1-6H;/q2*-1;. The monoisotopic (exact) mass is 619 g/mol. The number of nitrogens with zero attached hydrogens (tertiary/aromatic N) is 4. The topological polar surface area (TPSA) is 52.8 Å². The van der Waals surface area contributed by atoms with Gasteiger partial charge in [-0.25, -0.2) is 0 Å². The van der Waals surface area contributed by atoms with Crippen LogP contribution in [0.1, 0.15) is 0 Å². The first-order chi connectivity index (χ1) is 13.8. The number of hydrogen-bond acceptors (Lipinski definition) is 3. The first-order valence-corrected chi connectivity index (χ1v) is 9.47. The predicted molar refractivity (Wildman–Crippen MR) is 115 cm³/mol. The van der Waals surface area contributed by atoms with Crippen molar-refractivity contribution < 1.29 is 20.1 Å². The summed E-state index contributed by atoms with van der Waals surface area (Å²) in [5, 5.41) is 2.36. The maximum atomic E-state index is 4.47. The Morgan fingerprint density at radius 2 is 1.69 bits per heavy atom. The first kappa shape index (κ1) is 21.1. The van der Waals surface area contributed by atoms with Crippen molar-refractivity contribution in [2.75, 3.05) is 0 Å². The molecule has 0 bridgehead atoms. The van der Waals surface area contributed by atoms with Crippen LogP contribution in [0.2, 0.25) is 0 Å². The van der Waals surface area contributed by atoms with Gasteiger partial charge in [0.1, 0.15) is 0 Å². The smallest absolute Gasteiger partial charge is 0.0620 e. The third kappa shape index (κ3) is 5.24. The summed E-state index contributed by atoms with van der Waals surface area (Å²) in [5.41, 5.74) is 2.80. The number of halogens is 1. The average Bonchev–Trinajstić information content (AvgIpc) is 3.29. The molecule has 0 spiro atoms. The molecule has 0 aliphatic carbocycles. The van der Waals surface area contributed by atoms with Gasteiger partial charge in [-0.1, -0.05) is 63.1 Å². The first-order valence-electron chi connectivity index (χ1n) is 8.68. The van der Waals surface area contributed by atoms with E-state index in [2.05, 4.69) is 54.1 Å². The Morgan fingerprint density at radius 1 is 0.828 bits per heavy atom. The molecule has 0 N–H and O–H groups in total. The Hall–Kier alpha value is -2.66. The van der Waals surface area contributed by atoms with Crippen LogP contribution < -0.4 is 4.98 Å². The van der Waals surface area contributed by atoms with Crippen molar-refractivity contribution in [1.29, 1.82) is 0 Å². The van der Waals surface area contributed by atoms with Gasteiger partial charge in [-0.15, -0.1) is 29.8 Å². The van der Waals surface area contributed by atoms with Gasteiger partial charge in [0.2, 0.25) is 0 Å². The fraction of sp³-hybridized carbons (Fsp3) is 0. The molecule has 5 rings (SSSR count). The molecule has 0 aliphatic rings. The molecular formula is C23H15BrIrN4-2. The van der Waals surface area contributed by atoms with Crippen LogP contribution in [-0.2, 0) is 20.1 Å². The van der Waals surface area contributed by atoms with Gasteiger partial charge in [0.25, 0.3) is 0 Å². The van der Waals surface area contributed by atoms with Crippen LogP contribution in [0.3, 0.4) is 0 Å². The third-order valence-electron chi connectivity index (χ3n) is 4.05. The molecule has 0 saturated heterocycles. The maximum absolute atomic E-state index is 4.47. The summed E-state index contributed by atoms with van der Waals surface area (Å²) < 4.78 is 1.04. The van der Waals surface area contributed by atoms with Crippen LogP contribution in [0, 0.1) is 6.07 Å². The van der Waals surface area contributed by atoms with E-state index >= 15 is 0 Å². The minimum absolute atomic E-state index is 0. The van der Waals surface area contributed by atoms with Gasteiger partial charge < -0.3 is 15.0 Å². The van der Waals surface area contributed by atoms with Crippen molar-refractivity contribution in [1.82, 2.24) is 19.9 Å². The molecule has 5 aromatic rings. The zero-order valence-electron chi connectivity index (χ0n) is 15.2. The SMILES string of the molecule is Brc1cc[c-]c(-c2nccc3ccccc23)c1.[Ir].c1ccc(-c2ncc[n-]2)nc1. The van der Waals surface area contributed by atoms with Crippen molar-refractivity contribution in [3.05, 3.63) is 102 Å². The van der Waals surface area contributed by atoms with Crippen molar-refractivity contribution in [3.63, 3.8) is 0 Å². The van der Waals surface area contributed by atoms with Crippen LogP contribution in [0.4, 0.5) is 0 Å². The molecule has 0 atom stereocenters. The second-order valence-electron chi connectivity index (χ2n) is 5.90. The minimum Gasteiger partial charge on any atom is -0.441 e. The van der Waals surface area contributed by atoms with E-state index in [-0.39, 0.29) is 20.1 Å². The summed E-state index contributed by atoms with van der Waals surface area (Å²) in [7, 11) is 0. The van der Waals surface area contributed by atoms with Crippen molar-refractivity contribution >= 4 is 26.7 Å². The molecule has 3 heterocycles. The zero-order valence-corrected chi connectivity index (χ0v) is 19.1.